The van der Waals surface area contributed by atoms with Crippen molar-refractivity contribution in [1.29, 1.82) is 0 Å². The fourth-order valence-corrected chi connectivity index (χ4v) is 1.43. The van der Waals surface area contributed by atoms with Gasteiger partial charge in [0.05, 0.1) is 5.92 Å². The monoisotopic (exact) mass is 186 g/mol. The third-order valence-electron chi connectivity index (χ3n) is 2.38. The van der Waals surface area contributed by atoms with Gasteiger partial charge in [0.1, 0.15) is 0 Å². The first-order chi connectivity index (χ1) is 5.75. The fourth-order valence-electron chi connectivity index (χ4n) is 1.43. The van der Waals surface area contributed by atoms with Crippen LogP contribution in [0.15, 0.2) is 0 Å². The molecule has 2 nitrogen and oxygen atoms in total. The van der Waals surface area contributed by atoms with Gasteiger partial charge in [-0.2, -0.15) is 0 Å². The van der Waals surface area contributed by atoms with E-state index < -0.39 is 5.97 Å². The normalized spacial score (nSPS) is 14.6. The first kappa shape index (κ1) is 12.5. The highest BCUT2D eigenvalue weighted by atomic mass is 16.4. The van der Waals surface area contributed by atoms with Gasteiger partial charge in [-0.15, -0.1) is 0 Å². The van der Waals surface area contributed by atoms with Crippen molar-refractivity contribution in [2.45, 2.75) is 47.5 Å². The molecule has 0 saturated carbocycles. The molecular formula is C11H22O2. The molecule has 0 aliphatic carbocycles. The molecule has 0 spiro atoms. The van der Waals surface area contributed by atoms with Gasteiger partial charge in [-0.05, 0) is 17.8 Å². The first-order valence-corrected chi connectivity index (χ1v) is 4.98. The molecule has 0 rings (SSSR count). The van der Waals surface area contributed by atoms with Crippen LogP contribution in [0.25, 0.3) is 0 Å². The quantitative estimate of drug-likeness (QED) is 0.732. The first-order valence-electron chi connectivity index (χ1n) is 4.98. The molecular weight excluding hydrogens is 164 g/mol. The predicted octanol–water partition coefficient (Wildman–Crippen LogP) is 3.17. The number of rotatable bonds is 4. The summed E-state index contributed by atoms with van der Waals surface area (Å²) in [7, 11) is 0. The zero-order chi connectivity index (χ0) is 10.6. The SMILES string of the molecule is CC(C)CCC(C(=O)O)C(C)(C)C. The van der Waals surface area contributed by atoms with Gasteiger partial charge in [0.25, 0.3) is 0 Å². The Morgan fingerprint density at radius 2 is 1.69 bits per heavy atom. The molecule has 0 aromatic carbocycles. The standard InChI is InChI=1S/C11H22O2/c1-8(2)6-7-9(10(12)13)11(3,4)5/h8-9H,6-7H2,1-5H3,(H,12,13). The lowest BCUT2D eigenvalue weighted by molar-refractivity contribution is -0.145. The Hall–Kier alpha value is -0.530. The molecule has 0 aliphatic rings. The molecule has 0 radical (unpaired) electrons. The van der Waals surface area contributed by atoms with Crippen LogP contribution in [-0.4, -0.2) is 11.1 Å². The van der Waals surface area contributed by atoms with Crippen molar-refractivity contribution in [3.63, 3.8) is 0 Å². The molecule has 1 atom stereocenters. The minimum Gasteiger partial charge on any atom is -0.481 e. The lowest BCUT2D eigenvalue weighted by Crippen LogP contribution is -2.28. The van der Waals surface area contributed by atoms with Crippen LogP contribution in [0.1, 0.15) is 47.5 Å². The van der Waals surface area contributed by atoms with Crippen molar-refractivity contribution in [2.24, 2.45) is 17.3 Å². The highest BCUT2D eigenvalue weighted by molar-refractivity contribution is 5.70. The van der Waals surface area contributed by atoms with E-state index >= 15 is 0 Å². The van der Waals surface area contributed by atoms with Crippen molar-refractivity contribution < 1.29 is 9.90 Å². The average molecular weight is 186 g/mol. The molecule has 0 aromatic heterocycles. The largest absolute Gasteiger partial charge is 0.481 e. The number of carbonyl (C=O) groups is 1. The number of carboxylic acids is 1. The Morgan fingerprint density at radius 3 is 1.92 bits per heavy atom. The van der Waals surface area contributed by atoms with E-state index in [-0.39, 0.29) is 11.3 Å². The minimum atomic E-state index is -0.659. The van der Waals surface area contributed by atoms with E-state index in [9.17, 15) is 4.79 Å². The van der Waals surface area contributed by atoms with Crippen molar-refractivity contribution in [3.8, 4) is 0 Å². The second-order valence-electron chi connectivity index (χ2n) is 5.23. The Labute approximate surface area is 81.3 Å². The average Bonchev–Trinajstić information content (AvgIpc) is 1.81. The Kier molecular flexibility index (Phi) is 4.45. The van der Waals surface area contributed by atoms with Crippen LogP contribution >= 0.6 is 0 Å². The number of hydrogen-bond donors (Lipinski definition) is 1. The Morgan fingerprint density at radius 1 is 1.23 bits per heavy atom. The maximum absolute atomic E-state index is 11.0. The van der Waals surface area contributed by atoms with Crippen LogP contribution in [0.2, 0.25) is 0 Å². The zero-order valence-electron chi connectivity index (χ0n) is 9.42. The van der Waals surface area contributed by atoms with E-state index in [1.54, 1.807) is 0 Å². The molecule has 78 valence electrons. The second-order valence-corrected chi connectivity index (χ2v) is 5.23. The molecule has 0 fully saturated rings. The van der Waals surface area contributed by atoms with Crippen LogP contribution in [0.5, 0.6) is 0 Å². The summed E-state index contributed by atoms with van der Waals surface area (Å²) < 4.78 is 0. The zero-order valence-corrected chi connectivity index (χ0v) is 9.42. The molecule has 0 amide bonds. The van der Waals surface area contributed by atoms with Crippen LogP contribution in [0.3, 0.4) is 0 Å². The number of carboxylic acid groups (broad SMARTS) is 1. The molecule has 0 aromatic rings. The maximum atomic E-state index is 11.0. The minimum absolute atomic E-state index is 0.124. The lowest BCUT2D eigenvalue weighted by atomic mass is 9.77. The molecule has 0 saturated heterocycles. The van der Waals surface area contributed by atoms with Crippen LogP contribution in [0.4, 0.5) is 0 Å². The molecule has 2 heteroatoms. The third-order valence-corrected chi connectivity index (χ3v) is 2.38. The van der Waals surface area contributed by atoms with E-state index in [1.165, 1.54) is 0 Å². The summed E-state index contributed by atoms with van der Waals surface area (Å²) in [5, 5.41) is 9.02. The van der Waals surface area contributed by atoms with Gasteiger partial charge in [0, 0.05) is 0 Å². The van der Waals surface area contributed by atoms with Gasteiger partial charge in [0.2, 0.25) is 0 Å². The fraction of sp³-hybridized carbons (Fsp3) is 0.909. The summed E-state index contributed by atoms with van der Waals surface area (Å²) in [6.45, 7) is 10.2. The second kappa shape index (κ2) is 4.64. The maximum Gasteiger partial charge on any atom is 0.307 e. The van der Waals surface area contributed by atoms with Crippen LogP contribution in [-0.2, 0) is 4.79 Å². The van der Waals surface area contributed by atoms with E-state index in [4.69, 9.17) is 5.11 Å². The Bertz CT molecular complexity index is 165. The summed E-state index contributed by atoms with van der Waals surface area (Å²) in [4.78, 5) is 11.0. The van der Waals surface area contributed by atoms with E-state index in [1.807, 2.05) is 20.8 Å². The molecule has 0 aliphatic heterocycles. The highest BCUT2D eigenvalue weighted by Gasteiger charge is 2.30. The van der Waals surface area contributed by atoms with E-state index in [2.05, 4.69) is 13.8 Å². The van der Waals surface area contributed by atoms with E-state index in [0.717, 1.165) is 12.8 Å². The summed E-state index contributed by atoms with van der Waals surface area (Å²) >= 11 is 0. The van der Waals surface area contributed by atoms with Crippen LogP contribution < -0.4 is 0 Å². The predicted molar refractivity (Wildman–Crippen MR) is 54.7 cm³/mol. The van der Waals surface area contributed by atoms with E-state index in [0.29, 0.717) is 5.92 Å². The highest BCUT2D eigenvalue weighted by Crippen LogP contribution is 2.30. The van der Waals surface area contributed by atoms with Gasteiger partial charge in [-0.1, -0.05) is 41.0 Å². The summed E-state index contributed by atoms with van der Waals surface area (Å²) in [6.07, 6.45) is 1.78. The van der Waals surface area contributed by atoms with Gasteiger partial charge < -0.3 is 5.11 Å². The van der Waals surface area contributed by atoms with Crippen LogP contribution in [0, 0.1) is 17.3 Å². The lowest BCUT2D eigenvalue weighted by Gasteiger charge is -2.27. The van der Waals surface area contributed by atoms with Gasteiger partial charge in [-0.25, -0.2) is 0 Å². The van der Waals surface area contributed by atoms with Gasteiger partial charge >= 0.3 is 5.97 Å². The van der Waals surface area contributed by atoms with Crippen molar-refractivity contribution in [2.75, 3.05) is 0 Å². The smallest absolute Gasteiger partial charge is 0.307 e. The molecule has 13 heavy (non-hydrogen) atoms. The number of aliphatic carboxylic acids is 1. The molecule has 1 unspecified atom stereocenters. The topological polar surface area (TPSA) is 37.3 Å². The summed E-state index contributed by atoms with van der Waals surface area (Å²) in [5.41, 5.74) is -0.124. The van der Waals surface area contributed by atoms with Gasteiger partial charge in [-0.3, -0.25) is 4.79 Å². The van der Waals surface area contributed by atoms with Crippen molar-refractivity contribution >= 4 is 5.97 Å². The summed E-state index contributed by atoms with van der Waals surface area (Å²) in [5.74, 6) is -0.285. The van der Waals surface area contributed by atoms with Gasteiger partial charge in [0.15, 0.2) is 0 Å². The third kappa shape index (κ3) is 4.91. The summed E-state index contributed by atoms with van der Waals surface area (Å²) in [6, 6.07) is 0. The molecule has 0 bridgehead atoms. The molecule has 1 N–H and O–H groups in total. The number of hydrogen-bond acceptors (Lipinski definition) is 1. The van der Waals surface area contributed by atoms with Crippen molar-refractivity contribution in [3.05, 3.63) is 0 Å². The Balaban J connectivity index is 4.20. The van der Waals surface area contributed by atoms with Crippen molar-refractivity contribution in [1.82, 2.24) is 0 Å². The molecule has 0 heterocycles.